The van der Waals surface area contributed by atoms with Gasteiger partial charge in [-0.2, -0.15) is 0 Å². The SMILES string of the molecule is COc1ccc2ncc3c(-c4ccc(C)cc4)c(C(=O)NCCCc4ccco4)sc3c2c1. The Kier molecular flexibility index (Phi) is 5.84. The monoisotopic (exact) mass is 456 g/mol. The first-order chi connectivity index (χ1) is 16.1. The quantitative estimate of drug-likeness (QED) is 0.288. The highest BCUT2D eigenvalue weighted by atomic mass is 32.1. The van der Waals surface area contributed by atoms with Crippen molar-refractivity contribution in [3.63, 3.8) is 0 Å². The van der Waals surface area contributed by atoms with Crippen LogP contribution in [0.15, 0.2) is 71.5 Å². The number of fused-ring (bicyclic) bond motifs is 3. The molecule has 0 saturated carbocycles. The number of hydrogen-bond donors (Lipinski definition) is 1. The predicted molar refractivity (Wildman–Crippen MR) is 133 cm³/mol. The van der Waals surface area contributed by atoms with E-state index in [4.69, 9.17) is 9.15 Å². The lowest BCUT2D eigenvalue weighted by molar-refractivity contribution is 0.0957. The van der Waals surface area contributed by atoms with Gasteiger partial charge in [0.25, 0.3) is 5.91 Å². The second-order valence-corrected chi connectivity index (χ2v) is 9.02. The van der Waals surface area contributed by atoms with Crippen molar-refractivity contribution < 1.29 is 13.9 Å². The van der Waals surface area contributed by atoms with Crippen molar-refractivity contribution in [3.8, 4) is 16.9 Å². The number of pyridine rings is 1. The minimum atomic E-state index is -0.0673. The molecule has 0 aliphatic rings. The van der Waals surface area contributed by atoms with E-state index in [1.54, 1.807) is 13.4 Å². The Morgan fingerprint density at radius 1 is 1.12 bits per heavy atom. The van der Waals surface area contributed by atoms with Crippen LogP contribution in [0.25, 0.3) is 32.1 Å². The lowest BCUT2D eigenvalue weighted by atomic mass is 10.0. The third kappa shape index (κ3) is 4.22. The molecule has 0 atom stereocenters. The summed E-state index contributed by atoms with van der Waals surface area (Å²) in [5.74, 6) is 1.63. The van der Waals surface area contributed by atoms with Gasteiger partial charge >= 0.3 is 0 Å². The third-order valence-electron chi connectivity index (χ3n) is 5.74. The van der Waals surface area contributed by atoms with Gasteiger partial charge in [0, 0.05) is 40.2 Å². The number of carbonyl (C=O) groups excluding carboxylic acids is 1. The number of hydrogen-bond acceptors (Lipinski definition) is 5. The fourth-order valence-corrected chi connectivity index (χ4v) is 5.24. The fourth-order valence-electron chi connectivity index (χ4n) is 4.00. The average Bonchev–Trinajstić information content (AvgIpc) is 3.50. The van der Waals surface area contributed by atoms with Crippen LogP contribution in [0.2, 0.25) is 0 Å². The normalized spacial score (nSPS) is 11.2. The number of aromatic nitrogens is 1. The van der Waals surface area contributed by atoms with E-state index in [0.717, 1.165) is 56.5 Å². The van der Waals surface area contributed by atoms with Crippen LogP contribution in [-0.2, 0) is 6.42 Å². The van der Waals surface area contributed by atoms with E-state index in [9.17, 15) is 4.79 Å². The number of nitrogens with one attached hydrogen (secondary N) is 1. The molecule has 3 aromatic heterocycles. The molecular formula is C27H24N2O3S. The number of methoxy groups -OCH3 is 1. The van der Waals surface area contributed by atoms with Crippen LogP contribution >= 0.6 is 11.3 Å². The summed E-state index contributed by atoms with van der Waals surface area (Å²) in [5.41, 5.74) is 3.99. The van der Waals surface area contributed by atoms with E-state index in [1.807, 2.05) is 36.5 Å². The zero-order valence-electron chi connectivity index (χ0n) is 18.6. The van der Waals surface area contributed by atoms with Crippen LogP contribution < -0.4 is 10.1 Å². The number of benzene rings is 2. The largest absolute Gasteiger partial charge is 0.497 e. The number of furan rings is 1. The molecule has 5 nitrogen and oxygen atoms in total. The number of aryl methyl sites for hydroxylation is 2. The topological polar surface area (TPSA) is 64.4 Å². The Labute approximate surface area is 196 Å². The minimum Gasteiger partial charge on any atom is -0.497 e. The Bertz CT molecular complexity index is 1420. The molecule has 1 N–H and O–H groups in total. The second-order valence-electron chi connectivity index (χ2n) is 8.00. The molecule has 6 heteroatoms. The van der Waals surface area contributed by atoms with Crippen molar-refractivity contribution in [1.82, 2.24) is 10.3 Å². The van der Waals surface area contributed by atoms with Crippen LogP contribution in [0.1, 0.15) is 27.4 Å². The van der Waals surface area contributed by atoms with Crippen molar-refractivity contribution in [3.05, 3.63) is 83.3 Å². The van der Waals surface area contributed by atoms with Crippen molar-refractivity contribution in [2.75, 3.05) is 13.7 Å². The van der Waals surface area contributed by atoms with Crippen LogP contribution in [0, 0.1) is 6.92 Å². The minimum absolute atomic E-state index is 0.0673. The molecule has 0 bridgehead atoms. The van der Waals surface area contributed by atoms with Crippen molar-refractivity contribution in [1.29, 1.82) is 0 Å². The van der Waals surface area contributed by atoms with E-state index in [-0.39, 0.29) is 5.91 Å². The van der Waals surface area contributed by atoms with Gasteiger partial charge in [0.1, 0.15) is 16.4 Å². The van der Waals surface area contributed by atoms with Crippen molar-refractivity contribution >= 4 is 38.2 Å². The number of ether oxygens (including phenoxy) is 1. The van der Waals surface area contributed by atoms with Crippen molar-refractivity contribution in [2.45, 2.75) is 19.8 Å². The summed E-state index contributed by atoms with van der Waals surface area (Å²) in [6, 6.07) is 18.0. The lowest BCUT2D eigenvalue weighted by Crippen LogP contribution is -2.24. The summed E-state index contributed by atoms with van der Waals surface area (Å²) in [6.45, 7) is 2.64. The van der Waals surface area contributed by atoms with Gasteiger partial charge in [-0.1, -0.05) is 29.8 Å². The molecule has 0 aliphatic carbocycles. The maximum absolute atomic E-state index is 13.3. The van der Waals surface area contributed by atoms with Gasteiger partial charge in [0.2, 0.25) is 0 Å². The Hall–Kier alpha value is -3.64. The van der Waals surface area contributed by atoms with E-state index < -0.39 is 0 Å². The number of nitrogens with zero attached hydrogens (tertiary/aromatic N) is 1. The molecule has 0 saturated heterocycles. The van der Waals surface area contributed by atoms with Gasteiger partial charge in [-0.05, 0) is 49.2 Å². The molecule has 5 rings (SSSR count). The second kappa shape index (κ2) is 9.08. The standard InChI is InChI=1S/C27H24N2O3S/c1-17-7-9-18(10-8-17)24-22-16-29-23-12-11-20(31-2)15-21(23)25(22)33-26(24)27(30)28-13-3-5-19-6-4-14-32-19/h4,6-12,14-16H,3,5,13H2,1-2H3,(H,28,30). The molecule has 166 valence electrons. The maximum Gasteiger partial charge on any atom is 0.262 e. The zero-order chi connectivity index (χ0) is 22.8. The summed E-state index contributed by atoms with van der Waals surface area (Å²) < 4.78 is 11.9. The molecule has 0 spiro atoms. The zero-order valence-corrected chi connectivity index (χ0v) is 19.4. The lowest BCUT2D eigenvalue weighted by Gasteiger charge is -2.07. The summed E-state index contributed by atoms with van der Waals surface area (Å²) in [6.07, 6.45) is 5.15. The van der Waals surface area contributed by atoms with E-state index in [1.165, 1.54) is 16.9 Å². The molecule has 0 unspecified atom stereocenters. The first-order valence-corrected chi connectivity index (χ1v) is 11.7. The van der Waals surface area contributed by atoms with E-state index in [2.05, 4.69) is 41.5 Å². The summed E-state index contributed by atoms with van der Waals surface area (Å²) in [4.78, 5) is 18.7. The predicted octanol–water partition coefficient (Wildman–Crippen LogP) is 6.39. The molecule has 3 heterocycles. The summed E-state index contributed by atoms with van der Waals surface area (Å²) >= 11 is 1.51. The number of rotatable bonds is 7. The molecule has 2 aromatic carbocycles. The molecule has 5 aromatic rings. The van der Waals surface area contributed by atoms with Gasteiger partial charge in [0.05, 0.1) is 18.9 Å². The Morgan fingerprint density at radius 2 is 1.97 bits per heavy atom. The van der Waals surface area contributed by atoms with Gasteiger partial charge in [-0.3, -0.25) is 9.78 Å². The number of amides is 1. The number of carbonyl (C=O) groups is 1. The van der Waals surface area contributed by atoms with E-state index in [0.29, 0.717) is 11.4 Å². The first-order valence-electron chi connectivity index (χ1n) is 10.9. The molecule has 33 heavy (non-hydrogen) atoms. The highest BCUT2D eigenvalue weighted by Gasteiger charge is 2.21. The van der Waals surface area contributed by atoms with E-state index >= 15 is 0 Å². The smallest absolute Gasteiger partial charge is 0.262 e. The van der Waals surface area contributed by atoms with Gasteiger partial charge < -0.3 is 14.5 Å². The molecular weight excluding hydrogens is 432 g/mol. The van der Waals surface area contributed by atoms with Gasteiger partial charge in [0.15, 0.2) is 0 Å². The molecule has 0 aliphatic heterocycles. The summed E-state index contributed by atoms with van der Waals surface area (Å²) in [7, 11) is 1.66. The molecule has 1 amide bonds. The summed E-state index contributed by atoms with van der Waals surface area (Å²) in [5, 5.41) is 5.06. The van der Waals surface area contributed by atoms with Gasteiger partial charge in [-0.25, -0.2) is 0 Å². The molecule has 0 fully saturated rings. The number of thiophene rings is 1. The van der Waals surface area contributed by atoms with Crippen LogP contribution in [0.5, 0.6) is 5.75 Å². The van der Waals surface area contributed by atoms with Crippen LogP contribution in [0.4, 0.5) is 0 Å². The van der Waals surface area contributed by atoms with Crippen LogP contribution in [0.3, 0.4) is 0 Å². The molecule has 0 radical (unpaired) electrons. The highest BCUT2D eigenvalue weighted by molar-refractivity contribution is 7.22. The van der Waals surface area contributed by atoms with Crippen molar-refractivity contribution in [2.24, 2.45) is 0 Å². The Morgan fingerprint density at radius 3 is 2.73 bits per heavy atom. The Balaban J connectivity index is 1.55. The van der Waals surface area contributed by atoms with Gasteiger partial charge in [-0.15, -0.1) is 11.3 Å². The van der Waals surface area contributed by atoms with Crippen LogP contribution in [-0.4, -0.2) is 24.5 Å². The highest BCUT2D eigenvalue weighted by Crippen LogP contribution is 2.42. The average molecular weight is 457 g/mol. The third-order valence-corrected chi connectivity index (χ3v) is 6.98. The first kappa shape index (κ1) is 21.2. The maximum atomic E-state index is 13.3. The fraction of sp³-hybridized carbons (Fsp3) is 0.185.